The van der Waals surface area contributed by atoms with Crippen LogP contribution in [0.2, 0.25) is 4.34 Å². The summed E-state index contributed by atoms with van der Waals surface area (Å²) in [6.07, 6.45) is 0. The predicted molar refractivity (Wildman–Crippen MR) is 79.5 cm³/mol. The molecule has 1 heterocycles. The molecule has 0 spiro atoms. The third-order valence-electron chi connectivity index (χ3n) is 3.02. The highest BCUT2D eigenvalue weighted by Crippen LogP contribution is 2.28. The van der Waals surface area contributed by atoms with Gasteiger partial charge in [0, 0.05) is 11.7 Å². The molecule has 5 heteroatoms. The summed E-state index contributed by atoms with van der Waals surface area (Å²) >= 11 is 7.41. The number of carboxylic acid groups (broad SMARTS) is 1. The van der Waals surface area contributed by atoms with Crippen LogP contribution in [0.4, 0.5) is 5.69 Å². The average Bonchev–Trinajstić information content (AvgIpc) is 2.78. The van der Waals surface area contributed by atoms with E-state index in [2.05, 4.69) is 5.32 Å². The number of hydrogen-bond donors (Lipinski definition) is 2. The van der Waals surface area contributed by atoms with Crippen LogP contribution in [0.1, 0.15) is 34.5 Å². The van der Waals surface area contributed by atoms with Gasteiger partial charge in [0.1, 0.15) is 0 Å². The number of thiophene rings is 1. The molecule has 0 fully saturated rings. The van der Waals surface area contributed by atoms with E-state index in [1.165, 1.54) is 11.3 Å². The molecule has 0 amide bonds. The van der Waals surface area contributed by atoms with Crippen LogP contribution in [-0.4, -0.2) is 11.1 Å². The third-order valence-corrected chi connectivity index (χ3v) is 4.13. The van der Waals surface area contributed by atoms with Crippen molar-refractivity contribution in [1.82, 2.24) is 0 Å². The lowest BCUT2D eigenvalue weighted by Crippen LogP contribution is -2.09. The summed E-state index contributed by atoms with van der Waals surface area (Å²) in [6, 6.07) is 7.22. The smallest absolute Gasteiger partial charge is 0.336 e. The predicted octanol–water partition coefficient (Wildman–Crippen LogP) is 4.58. The van der Waals surface area contributed by atoms with Crippen LogP contribution in [0, 0.1) is 6.92 Å². The van der Waals surface area contributed by atoms with Crippen molar-refractivity contribution in [3.8, 4) is 0 Å². The van der Waals surface area contributed by atoms with E-state index in [0.29, 0.717) is 5.56 Å². The average molecular weight is 296 g/mol. The van der Waals surface area contributed by atoms with Gasteiger partial charge in [0.25, 0.3) is 0 Å². The fourth-order valence-corrected chi connectivity index (χ4v) is 2.88. The second-order valence-electron chi connectivity index (χ2n) is 4.33. The molecule has 3 nitrogen and oxygen atoms in total. The van der Waals surface area contributed by atoms with Gasteiger partial charge < -0.3 is 10.4 Å². The van der Waals surface area contributed by atoms with Gasteiger partial charge >= 0.3 is 5.97 Å². The van der Waals surface area contributed by atoms with E-state index in [4.69, 9.17) is 16.7 Å². The fourth-order valence-electron chi connectivity index (χ4n) is 1.89. The minimum absolute atomic E-state index is 0.0755. The monoisotopic (exact) mass is 295 g/mol. The van der Waals surface area contributed by atoms with Gasteiger partial charge in [-0.2, -0.15) is 0 Å². The Bertz CT molecular complexity index is 609. The first-order valence-corrected chi connectivity index (χ1v) is 7.08. The number of hydrogen-bond acceptors (Lipinski definition) is 3. The van der Waals surface area contributed by atoms with E-state index in [-0.39, 0.29) is 6.04 Å². The van der Waals surface area contributed by atoms with Gasteiger partial charge in [0.15, 0.2) is 0 Å². The SMILES string of the molecule is Cc1c(NC(C)c2csc(Cl)c2)cccc1C(=O)O. The van der Waals surface area contributed by atoms with Crippen LogP contribution < -0.4 is 5.32 Å². The van der Waals surface area contributed by atoms with E-state index in [1.54, 1.807) is 19.1 Å². The molecule has 100 valence electrons. The highest BCUT2D eigenvalue weighted by Gasteiger charge is 2.13. The molecular formula is C14H14ClNO2S. The first-order valence-electron chi connectivity index (χ1n) is 5.82. The standard InChI is InChI=1S/C14H14ClNO2S/c1-8-11(14(17)18)4-3-5-12(8)16-9(2)10-6-13(15)19-7-10/h3-7,9,16H,1-2H3,(H,17,18). The Kier molecular flexibility index (Phi) is 4.12. The fraction of sp³-hybridized carbons (Fsp3) is 0.214. The van der Waals surface area contributed by atoms with Crippen molar-refractivity contribution in [2.24, 2.45) is 0 Å². The molecule has 2 N–H and O–H groups in total. The van der Waals surface area contributed by atoms with Gasteiger partial charge in [-0.15, -0.1) is 11.3 Å². The van der Waals surface area contributed by atoms with Gasteiger partial charge in [-0.05, 0) is 48.6 Å². The summed E-state index contributed by atoms with van der Waals surface area (Å²) in [6.45, 7) is 3.82. The summed E-state index contributed by atoms with van der Waals surface area (Å²) in [7, 11) is 0. The first kappa shape index (κ1) is 13.9. The summed E-state index contributed by atoms with van der Waals surface area (Å²) in [4.78, 5) is 11.1. The lowest BCUT2D eigenvalue weighted by molar-refractivity contribution is 0.0696. The van der Waals surface area contributed by atoms with Gasteiger partial charge in [-0.1, -0.05) is 17.7 Å². The number of anilines is 1. The molecule has 0 aliphatic rings. The van der Waals surface area contributed by atoms with Gasteiger partial charge in [-0.3, -0.25) is 0 Å². The molecule has 0 aliphatic heterocycles. The summed E-state index contributed by atoms with van der Waals surface area (Å²) in [5.74, 6) is -0.910. The molecule has 0 radical (unpaired) electrons. The minimum Gasteiger partial charge on any atom is -0.478 e. The molecule has 1 unspecified atom stereocenters. The Labute approximate surface area is 120 Å². The number of nitrogens with one attached hydrogen (secondary N) is 1. The quantitative estimate of drug-likeness (QED) is 0.868. The van der Waals surface area contributed by atoms with Crippen LogP contribution in [0.5, 0.6) is 0 Å². The Morgan fingerprint density at radius 3 is 2.79 bits per heavy atom. The lowest BCUT2D eigenvalue weighted by Gasteiger charge is -2.17. The Balaban J connectivity index is 2.24. The van der Waals surface area contributed by atoms with Gasteiger partial charge in [0.05, 0.1) is 9.90 Å². The Morgan fingerprint density at radius 2 is 2.21 bits per heavy atom. The van der Waals surface area contributed by atoms with Crippen molar-refractivity contribution in [2.45, 2.75) is 19.9 Å². The van der Waals surface area contributed by atoms with Crippen LogP contribution in [0.15, 0.2) is 29.6 Å². The zero-order chi connectivity index (χ0) is 14.0. The van der Waals surface area contributed by atoms with Crippen LogP contribution in [0.25, 0.3) is 0 Å². The first-order chi connectivity index (χ1) is 8.99. The van der Waals surface area contributed by atoms with E-state index >= 15 is 0 Å². The molecule has 1 aromatic heterocycles. The maximum atomic E-state index is 11.1. The van der Waals surface area contributed by atoms with Crippen molar-refractivity contribution in [2.75, 3.05) is 5.32 Å². The van der Waals surface area contributed by atoms with Crippen LogP contribution in [0.3, 0.4) is 0 Å². The second-order valence-corrected chi connectivity index (χ2v) is 5.88. The zero-order valence-electron chi connectivity index (χ0n) is 10.6. The molecule has 2 rings (SSSR count). The third kappa shape index (κ3) is 3.08. The highest BCUT2D eigenvalue weighted by atomic mass is 35.5. The molecule has 19 heavy (non-hydrogen) atoms. The number of rotatable bonds is 4. The molecule has 1 aromatic carbocycles. The normalized spacial score (nSPS) is 12.2. The van der Waals surface area contributed by atoms with Crippen LogP contribution in [-0.2, 0) is 0 Å². The summed E-state index contributed by atoms with van der Waals surface area (Å²) < 4.78 is 0.750. The lowest BCUT2D eigenvalue weighted by atomic mass is 10.1. The van der Waals surface area contributed by atoms with Gasteiger partial charge in [-0.25, -0.2) is 4.79 Å². The molecule has 0 bridgehead atoms. The molecule has 1 atom stereocenters. The highest BCUT2D eigenvalue weighted by molar-refractivity contribution is 7.14. The van der Waals surface area contributed by atoms with Crippen LogP contribution >= 0.6 is 22.9 Å². The number of carbonyl (C=O) groups is 1. The van der Waals surface area contributed by atoms with E-state index < -0.39 is 5.97 Å². The van der Waals surface area contributed by atoms with E-state index in [0.717, 1.165) is 21.2 Å². The zero-order valence-corrected chi connectivity index (χ0v) is 12.2. The Morgan fingerprint density at radius 1 is 1.47 bits per heavy atom. The van der Waals surface area contributed by atoms with Crippen molar-refractivity contribution >= 4 is 34.6 Å². The van der Waals surface area contributed by atoms with E-state index in [9.17, 15) is 4.79 Å². The van der Waals surface area contributed by atoms with Gasteiger partial charge in [0.2, 0.25) is 0 Å². The number of benzene rings is 1. The molecule has 0 saturated heterocycles. The van der Waals surface area contributed by atoms with Crippen molar-refractivity contribution < 1.29 is 9.90 Å². The molecule has 2 aromatic rings. The number of halogens is 1. The largest absolute Gasteiger partial charge is 0.478 e. The molecule has 0 aliphatic carbocycles. The summed E-state index contributed by atoms with van der Waals surface area (Å²) in [5.41, 5.74) is 2.98. The number of carboxylic acids is 1. The molecule has 0 saturated carbocycles. The minimum atomic E-state index is -0.910. The number of aromatic carboxylic acids is 1. The Hall–Kier alpha value is -1.52. The topological polar surface area (TPSA) is 49.3 Å². The second kappa shape index (κ2) is 5.63. The van der Waals surface area contributed by atoms with Crippen molar-refractivity contribution in [1.29, 1.82) is 0 Å². The van der Waals surface area contributed by atoms with E-state index in [1.807, 2.05) is 24.4 Å². The maximum Gasteiger partial charge on any atom is 0.336 e. The van der Waals surface area contributed by atoms with Crippen molar-refractivity contribution in [3.63, 3.8) is 0 Å². The summed E-state index contributed by atoms with van der Waals surface area (Å²) in [5, 5.41) is 14.4. The maximum absolute atomic E-state index is 11.1. The molecular weight excluding hydrogens is 282 g/mol. The van der Waals surface area contributed by atoms with Crippen molar-refractivity contribution in [3.05, 3.63) is 50.7 Å².